The van der Waals surface area contributed by atoms with E-state index in [1.165, 1.54) is 11.3 Å². The smallest absolute Gasteiger partial charge is 0.129 e. The normalized spacial score (nSPS) is 10.7. The van der Waals surface area contributed by atoms with Crippen molar-refractivity contribution in [2.24, 2.45) is 0 Å². The Bertz CT molecular complexity index is 798. The lowest BCUT2D eigenvalue weighted by Crippen LogP contribution is -1.90. The van der Waals surface area contributed by atoms with Gasteiger partial charge in [0.1, 0.15) is 10.8 Å². The van der Waals surface area contributed by atoms with E-state index >= 15 is 0 Å². The van der Waals surface area contributed by atoms with Crippen molar-refractivity contribution in [1.82, 2.24) is 9.97 Å². The molecule has 0 N–H and O–H groups in total. The van der Waals surface area contributed by atoms with E-state index in [1.807, 2.05) is 23.6 Å². The summed E-state index contributed by atoms with van der Waals surface area (Å²) in [4.78, 5) is 8.90. The number of hydrogen-bond acceptors (Lipinski definition) is 4. The van der Waals surface area contributed by atoms with Crippen LogP contribution in [0.5, 0.6) is 5.75 Å². The van der Waals surface area contributed by atoms with E-state index in [9.17, 15) is 0 Å². The van der Waals surface area contributed by atoms with Crippen molar-refractivity contribution in [2.45, 2.75) is 0 Å². The molecule has 0 aliphatic heterocycles. The van der Waals surface area contributed by atoms with Gasteiger partial charge < -0.3 is 4.74 Å². The molecule has 5 heteroatoms. The number of hydrogen-bond donors (Lipinski definition) is 0. The average Bonchev–Trinajstić information content (AvgIpc) is 2.95. The second-order valence-electron chi connectivity index (χ2n) is 4.12. The van der Waals surface area contributed by atoms with E-state index in [4.69, 9.17) is 16.3 Å². The molecule has 0 amide bonds. The molecule has 0 radical (unpaired) electrons. The van der Waals surface area contributed by atoms with Crippen LogP contribution in [0.15, 0.2) is 36.4 Å². The van der Waals surface area contributed by atoms with Gasteiger partial charge in [-0.1, -0.05) is 24.2 Å². The number of methoxy groups -OCH3 is 1. The predicted molar refractivity (Wildman–Crippen MR) is 84.5 cm³/mol. The zero-order chi connectivity index (χ0) is 14.1. The van der Waals surface area contributed by atoms with Gasteiger partial charge >= 0.3 is 0 Å². The van der Waals surface area contributed by atoms with E-state index in [0.717, 1.165) is 27.2 Å². The number of nitrogens with zero attached hydrogens (tertiary/aromatic N) is 2. The Balaban J connectivity index is 2.27. The average molecular weight is 303 g/mol. The molecule has 100 valence electrons. The summed E-state index contributed by atoms with van der Waals surface area (Å²) in [5, 5.41) is 4.18. The number of aromatic nitrogens is 2. The lowest BCUT2D eigenvalue weighted by molar-refractivity contribution is 0.420. The van der Waals surface area contributed by atoms with Gasteiger partial charge in [0.25, 0.3) is 0 Å². The summed E-state index contributed by atoms with van der Waals surface area (Å²) in [6, 6.07) is 5.67. The Morgan fingerprint density at radius 3 is 2.95 bits per heavy atom. The van der Waals surface area contributed by atoms with Crippen LogP contribution in [0.2, 0.25) is 5.02 Å². The largest absolute Gasteiger partial charge is 0.496 e. The third-order valence-electron chi connectivity index (χ3n) is 2.97. The summed E-state index contributed by atoms with van der Waals surface area (Å²) in [6.45, 7) is 3.71. The van der Waals surface area contributed by atoms with Crippen LogP contribution in [0.25, 0.3) is 27.6 Å². The molecule has 0 spiro atoms. The second kappa shape index (κ2) is 5.23. The summed E-state index contributed by atoms with van der Waals surface area (Å²) in [5.74, 6) is 0.711. The molecule has 0 aliphatic carbocycles. The van der Waals surface area contributed by atoms with E-state index in [0.29, 0.717) is 10.8 Å². The zero-order valence-corrected chi connectivity index (χ0v) is 12.3. The van der Waals surface area contributed by atoms with Gasteiger partial charge in [-0.15, -0.1) is 11.3 Å². The molecule has 0 saturated heterocycles. The molecule has 20 heavy (non-hydrogen) atoms. The van der Waals surface area contributed by atoms with Gasteiger partial charge in [-0.2, -0.15) is 0 Å². The first kappa shape index (κ1) is 13.1. The Kier molecular flexibility index (Phi) is 3.42. The molecule has 3 aromatic rings. The highest BCUT2D eigenvalue weighted by atomic mass is 35.5. The first-order chi connectivity index (χ1) is 9.74. The van der Waals surface area contributed by atoms with E-state index in [2.05, 4.69) is 16.5 Å². The van der Waals surface area contributed by atoms with Crippen LogP contribution in [0.4, 0.5) is 0 Å². The fourth-order valence-electron chi connectivity index (χ4n) is 2.00. The van der Waals surface area contributed by atoms with Crippen molar-refractivity contribution < 1.29 is 4.74 Å². The molecular weight excluding hydrogens is 292 g/mol. The van der Waals surface area contributed by atoms with Crippen molar-refractivity contribution >= 4 is 39.9 Å². The molecular formula is C15H11ClN2OS. The van der Waals surface area contributed by atoms with Crippen LogP contribution in [0, 0.1) is 0 Å². The third kappa shape index (κ3) is 2.07. The van der Waals surface area contributed by atoms with Gasteiger partial charge in [-0.25, -0.2) is 4.98 Å². The molecule has 2 heterocycles. The molecule has 3 rings (SSSR count). The zero-order valence-electron chi connectivity index (χ0n) is 10.8. The van der Waals surface area contributed by atoms with Gasteiger partial charge in [0, 0.05) is 17.1 Å². The minimum absolute atomic E-state index is 0.609. The van der Waals surface area contributed by atoms with Crippen molar-refractivity contribution in [2.75, 3.05) is 7.11 Å². The van der Waals surface area contributed by atoms with Gasteiger partial charge in [-0.05, 0) is 18.2 Å². The first-order valence-corrected chi connectivity index (χ1v) is 7.20. The standard InChI is InChI=1S/C15H11ClN2OS/c1-3-9-8-20-15(18-9)10-7-17-11-5-4-6-12(19-2)13(11)14(10)16/h3-8H,1H2,2H3. The molecule has 0 aliphatic rings. The highest BCUT2D eigenvalue weighted by Gasteiger charge is 2.14. The number of thiazole rings is 1. The second-order valence-corrected chi connectivity index (χ2v) is 5.36. The minimum atomic E-state index is 0.609. The maximum atomic E-state index is 6.53. The van der Waals surface area contributed by atoms with Crippen LogP contribution >= 0.6 is 22.9 Å². The monoisotopic (exact) mass is 302 g/mol. The summed E-state index contributed by atoms with van der Waals surface area (Å²) < 4.78 is 5.37. The Labute approximate surface area is 125 Å². The van der Waals surface area contributed by atoms with Gasteiger partial charge in [0.2, 0.25) is 0 Å². The molecule has 0 saturated carbocycles. The highest BCUT2D eigenvalue weighted by molar-refractivity contribution is 7.13. The topological polar surface area (TPSA) is 35.0 Å². The quantitative estimate of drug-likeness (QED) is 0.705. The van der Waals surface area contributed by atoms with Gasteiger partial charge in [0.15, 0.2) is 0 Å². The fourth-order valence-corrected chi connectivity index (χ4v) is 3.20. The molecule has 0 fully saturated rings. The SMILES string of the molecule is C=Cc1csc(-c2cnc3cccc(OC)c3c2Cl)n1. The molecule has 2 aromatic heterocycles. The predicted octanol–water partition coefficient (Wildman–Crippen LogP) is 4.66. The van der Waals surface area contributed by atoms with Crippen LogP contribution in [-0.4, -0.2) is 17.1 Å². The third-order valence-corrected chi connectivity index (χ3v) is 4.26. The molecule has 0 unspecified atom stereocenters. The van der Waals surface area contributed by atoms with Crippen molar-refractivity contribution in [3.05, 3.63) is 47.1 Å². The summed E-state index contributed by atoms with van der Waals surface area (Å²) >= 11 is 8.05. The molecule has 3 nitrogen and oxygen atoms in total. The number of pyridine rings is 1. The number of benzene rings is 1. The van der Waals surface area contributed by atoms with Crippen LogP contribution < -0.4 is 4.74 Å². The first-order valence-electron chi connectivity index (χ1n) is 5.94. The number of halogens is 1. The Morgan fingerprint density at radius 1 is 1.40 bits per heavy atom. The Morgan fingerprint density at radius 2 is 2.25 bits per heavy atom. The van der Waals surface area contributed by atoms with Crippen LogP contribution in [0.3, 0.4) is 0 Å². The number of ether oxygens (including phenoxy) is 1. The van der Waals surface area contributed by atoms with Gasteiger partial charge in [-0.3, -0.25) is 4.98 Å². The lowest BCUT2D eigenvalue weighted by Gasteiger charge is -2.08. The van der Waals surface area contributed by atoms with Crippen molar-refractivity contribution in [3.8, 4) is 16.3 Å². The van der Waals surface area contributed by atoms with Gasteiger partial charge in [0.05, 0.1) is 28.7 Å². The van der Waals surface area contributed by atoms with E-state index in [-0.39, 0.29) is 0 Å². The summed E-state index contributed by atoms with van der Waals surface area (Å²) in [7, 11) is 1.62. The molecule has 0 bridgehead atoms. The van der Waals surface area contributed by atoms with Crippen LogP contribution in [0.1, 0.15) is 5.69 Å². The highest BCUT2D eigenvalue weighted by Crippen LogP contribution is 2.38. The maximum absolute atomic E-state index is 6.53. The van der Waals surface area contributed by atoms with Crippen molar-refractivity contribution in [3.63, 3.8) is 0 Å². The summed E-state index contributed by atoms with van der Waals surface area (Å²) in [5.41, 5.74) is 2.45. The number of fused-ring (bicyclic) bond motifs is 1. The molecule has 0 atom stereocenters. The maximum Gasteiger partial charge on any atom is 0.129 e. The van der Waals surface area contributed by atoms with E-state index in [1.54, 1.807) is 19.4 Å². The van der Waals surface area contributed by atoms with E-state index < -0.39 is 0 Å². The van der Waals surface area contributed by atoms with Crippen LogP contribution in [-0.2, 0) is 0 Å². The Hall–Kier alpha value is -1.91. The lowest BCUT2D eigenvalue weighted by atomic mass is 10.1. The number of rotatable bonds is 3. The van der Waals surface area contributed by atoms with Crippen molar-refractivity contribution in [1.29, 1.82) is 0 Å². The molecule has 1 aromatic carbocycles. The fraction of sp³-hybridized carbons (Fsp3) is 0.0667. The minimum Gasteiger partial charge on any atom is -0.496 e. The summed E-state index contributed by atoms with van der Waals surface area (Å²) in [6.07, 6.45) is 3.46.